The molecule has 0 radical (unpaired) electrons. The largest absolute Gasteiger partial charge is 0.573 e. The molecule has 2 aromatic rings. The second-order valence-corrected chi connectivity index (χ2v) is 7.27. The van der Waals surface area contributed by atoms with E-state index in [-0.39, 0.29) is 20.6 Å². The van der Waals surface area contributed by atoms with Gasteiger partial charge in [0.15, 0.2) is 0 Å². The molecule has 2 rings (SSSR count). The van der Waals surface area contributed by atoms with Crippen molar-refractivity contribution < 1.29 is 26.3 Å². The van der Waals surface area contributed by atoms with Crippen molar-refractivity contribution in [3.05, 3.63) is 51.5 Å². The van der Waals surface area contributed by atoms with E-state index in [1.54, 1.807) is 0 Å². The van der Waals surface area contributed by atoms with Gasteiger partial charge in [-0.1, -0.05) is 34.8 Å². The third-order valence-corrected chi connectivity index (χ3v) is 4.99. The van der Waals surface area contributed by atoms with Crippen molar-refractivity contribution in [3.63, 3.8) is 0 Å². The van der Waals surface area contributed by atoms with Crippen LogP contribution in [0.4, 0.5) is 18.9 Å². The number of sulfonamides is 1. The van der Waals surface area contributed by atoms with E-state index in [1.807, 2.05) is 0 Å². The Hall–Kier alpha value is -1.35. The summed E-state index contributed by atoms with van der Waals surface area (Å²) >= 11 is 17.2. The first kappa shape index (κ1) is 19.0. The molecule has 11 heteroatoms. The summed E-state index contributed by atoms with van der Waals surface area (Å²) in [5, 5.41) is -0.288. The van der Waals surface area contributed by atoms with Crippen molar-refractivity contribution in [2.24, 2.45) is 0 Å². The number of hydrogen-bond acceptors (Lipinski definition) is 3. The van der Waals surface area contributed by atoms with Crippen LogP contribution in [-0.2, 0) is 10.0 Å². The molecule has 0 aliphatic carbocycles. The highest BCUT2D eigenvalue weighted by atomic mass is 35.5. The highest BCUT2D eigenvalue weighted by Crippen LogP contribution is 2.33. The van der Waals surface area contributed by atoms with E-state index in [9.17, 15) is 21.6 Å². The molecule has 0 saturated carbocycles. The molecule has 4 nitrogen and oxygen atoms in total. The van der Waals surface area contributed by atoms with Crippen LogP contribution in [0.2, 0.25) is 15.1 Å². The number of nitrogens with one attached hydrogen (secondary N) is 1. The van der Waals surface area contributed by atoms with Gasteiger partial charge in [-0.05, 0) is 36.4 Å². The maximum absolute atomic E-state index is 12.3. The van der Waals surface area contributed by atoms with E-state index in [1.165, 1.54) is 18.2 Å². The van der Waals surface area contributed by atoms with Gasteiger partial charge in [-0.25, -0.2) is 8.42 Å². The fourth-order valence-electron chi connectivity index (χ4n) is 1.68. The standard InChI is InChI=1S/C13H7Cl3F3NO3S/c14-7-1-4-12(10(16)5-7)24(21,22)20-8-2-3-11(9(15)6-8)23-13(17,18)19/h1-6,20H. The molecule has 1 N–H and O–H groups in total. The van der Waals surface area contributed by atoms with Gasteiger partial charge in [0, 0.05) is 5.02 Å². The van der Waals surface area contributed by atoms with E-state index in [0.29, 0.717) is 0 Å². The Bertz CT molecular complexity index is 872. The maximum Gasteiger partial charge on any atom is 0.573 e. The number of benzene rings is 2. The Balaban J connectivity index is 2.29. The van der Waals surface area contributed by atoms with E-state index in [0.717, 1.165) is 18.2 Å². The van der Waals surface area contributed by atoms with Gasteiger partial charge in [-0.2, -0.15) is 0 Å². The summed E-state index contributed by atoms with van der Waals surface area (Å²) in [6.07, 6.45) is -4.92. The fraction of sp³-hybridized carbons (Fsp3) is 0.0769. The molecular formula is C13H7Cl3F3NO3S. The van der Waals surface area contributed by atoms with Crippen LogP contribution >= 0.6 is 34.8 Å². The lowest BCUT2D eigenvalue weighted by Crippen LogP contribution is -2.17. The van der Waals surface area contributed by atoms with Crippen molar-refractivity contribution in [2.45, 2.75) is 11.3 Å². The Labute approximate surface area is 150 Å². The molecule has 0 atom stereocenters. The molecule has 0 bridgehead atoms. The van der Waals surface area contributed by atoms with Crippen LogP contribution < -0.4 is 9.46 Å². The van der Waals surface area contributed by atoms with Crippen LogP contribution in [0.25, 0.3) is 0 Å². The van der Waals surface area contributed by atoms with Crippen LogP contribution in [0, 0.1) is 0 Å². The Kier molecular flexibility index (Phi) is 5.44. The number of alkyl halides is 3. The zero-order valence-corrected chi connectivity index (χ0v) is 14.4. The van der Waals surface area contributed by atoms with Gasteiger partial charge in [0.1, 0.15) is 10.6 Å². The number of hydrogen-bond donors (Lipinski definition) is 1. The Morgan fingerprint density at radius 1 is 0.958 bits per heavy atom. The number of rotatable bonds is 4. The van der Waals surface area contributed by atoms with Crippen LogP contribution in [0.15, 0.2) is 41.3 Å². The molecule has 0 amide bonds. The highest BCUT2D eigenvalue weighted by Gasteiger charge is 2.32. The normalized spacial score (nSPS) is 12.1. The molecule has 2 aromatic carbocycles. The zero-order chi connectivity index (χ0) is 18.1. The summed E-state index contributed by atoms with van der Waals surface area (Å²) in [5.41, 5.74) is -0.0689. The molecule has 0 fully saturated rings. The summed E-state index contributed by atoms with van der Waals surface area (Å²) in [6.45, 7) is 0. The first-order valence-corrected chi connectivity index (χ1v) is 8.63. The quantitative estimate of drug-likeness (QED) is 0.726. The molecule has 130 valence electrons. The third-order valence-electron chi connectivity index (χ3n) is 2.59. The van der Waals surface area contributed by atoms with Crippen LogP contribution in [0.1, 0.15) is 0 Å². The predicted molar refractivity (Wildman–Crippen MR) is 85.4 cm³/mol. The minimum Gasteiger partial charge on any atom is -0.404 e. The predicted octanol–water partition coefficient (Wildman–Crippen LogP) is 5.35. The Morgan fingerprint density at radius 3 is 2.17 bits per heavy atom. The van der Waals surface area contributed by atoms with Crippen LogP contribution in [0.3, 0.4) is 0 Å². The summed E-state index contributed by atoms with van der Waals surface area (Å²) in [7, 11) is -4.09. The lowest BCUT2D eigenvalue weighted by molar-refractivity contribution is -0.274. The van der Waals surface area contributed by atoms with Crippen molar-refractivity contribution in [2.75, 3.05) is 4.72 Å². The topological polar surface area (TPSA) is 55.4 Å². The van der Waals surface area contributed by atoms with Gasteiger partial charge in [0.05, 0.1) is 15.7 Å². The third kappa shape index (κ3) is 4.83. The monoisotopic (exact) mass is 419 g/mol. The zero-order valence-electron chi connectivity index (χ0n) is 11.4. The van der Waals surface area contributed by atoms with E-state index in [4.69, 9.17) is 34.8 Å². The van der Waals surface area contributed by atoms with Gasteiger partial charge in [0.2, 0.25) is 0 Å². The van der Waals surface area contributed by atoms with Gasteiger partial charge in [-0.15, -0.1) is 13.2 Å². The molecule has 0 aromatic heterocycles. The summed E-state index contributed by atoms with van der Waals surface area (Å²) in [4.78, 5) is -0.250. The first-order valence-electron chi connectivity index (χ1n) is 6.01. The first-order chi connectivity index (χ1) is 11.0. The summed E-state index contributed by atoms with van der Waals surface area (Å²) in [6, 6.07) is 6.69. The van der Waals surface area contributed by atoms with Crippen LogP contribution in [0.5, 0.6) is 5.75 Å². The number of anilines is 1. The molecule has 0 heterocycles. The van der Waals surface area contributed by atoms with E-state index < -0.39 is 27.2 Å². The van der Waals surface area contributed by atoms with E-state index in [2.05, 4.69) is 9.46 Å². The lowest BCUT2D eigenvalue weighted by atomic mass is 10.3. The number of ether oxygens (including phenoxy) is 1. The highest BCUT2D eigenvalue weighted by molar-refractivity contribution is 7.92. The molecule has 0 saturated heterocycles. The van der Waals surface area contributed by atoms with Crippen molar-refractivity contribution in [1.82, 2.24) is 0 Å². The average molecular weight is 421 g/mol. The SMILES string of the molecule is O=S(=O)(Nc1ccc(OC(F)(F)F)c(Cl)c1)c1ccc(Cl)cc1Cl. The maximum atomic E-state index is 12.3. The summed E-state index contributed by atoms with van der Waals surface area (Å²) < 4.78 is 66.9. The summed E-state index contributed by atoms with van der Waals surface area (Å²) in [5.74, 6) is -0.656. The lowest BCUT2D eigenvalue weighted by Gasteiger charge is -2.13. The molecular weight excluding hydrogens is 414 g/mol. The number of halogens is 6. The second kappa shape index (κ2) is 6.87. The van der Waals surface area contributed by atoms with E-state index >= 15 is 0 Å². The van der Waals surface area contributed by atoms with Crippen LogP contribution in [-0.4, -0.2) is 14.8 Å². The molecule has 0 aliphatic heterocycles. The Morgan fingerprint density at radius 2 is 1.62 bits per heavy atom. The minimum absolute atomic E-state index is 0.0689. The minimum atomic E-state index is -4.92. The van der Waals surface area contributed by atoms with Gasteiger partial charge >= 0.3 is 6.36 Å². The van der Waals surface area contributed by atoms with Gasteiger partial charge < -0.3 is 4.74 Å². The molecule has 0 spiro atoms. The smallest absolute Gasteiger partial charge is 0.404 e. The molecule has 24 heavy (non-hydrogen) atoms. The van der Waals surface area contributed by atoms with Crippen molar-refractivity contribution >= 4 is 50.5 Å². The second-order valence-electron chi connectivity index (χ2n) is 4.37. The van der Waals surface area contributed by atoms with Gasteiger partial charge in [0.25, 0.3) is 10.0 Å². The fourth-order valence-corrected chi connectivity index (χ4v) is 3.72. The van der Waals surface area contributed by atoms with Crippen molar-refractivity contribution in [3.8, 4) is 5.75 Å². The van der Waals surface area contributed by atoms with Crippen molar-refractivity contribution in [1.29, 1.82) is 0 Å². The van der Waals surface area contributed by atoms with Gasteiger partial charge in [-0.3, -0.25) is 4.72 Å². The average Bonchev–Trinajstić information content (AvgIpc) is 2.39. The molecule has 0 aliphatic rings. The molecule has 0 unspecified atom stereocenters.